The Morgan fingerprint density at radius 1 is 0.333 bits per heavy atom. The summed E-state index contributed by atoms with van der Waals surface area (Å²) in [6, 6.07) is 0. The predicted octanol–water partition coefficient (Wildman–Crippen LogP) is 16.7. The van der Waals surface area contributed by atoms with Gasteiger partial charge in [0, 0.05) is 81.8 Å². The van der Waals surface area contributed by atoms with Crippen LogP contribution in [0.4, 0.5) is 0 Å². The average molecular weight is 1190 g/mol. The van der Waals surface area contributed by atoms with Crippen molar-refractivity contribution in [2.45, 2.75) is 399 Å². The number of carbonyl (C=O) groups is 4. The zero-order valence-corrected chi connectivity index (χ0v) is 57.4. The molecule has 6 fully saturated rings. The van der Waals surface area contributed by atoms with Gasteiger partial charge in [0.25, 0.3) is 0 Å². The average Bonchev–Trinajstić information content (AvgIpc) is 1.32. The van der Waals surface area contributed by atoms with Gasteiger partial charge in [0.2, 0.25) is 0 Å². The molecule has 14 heteroatoms. The van der Waals surface area contributed by atoms with Crippen LogP contribution in [0.15, 0.2) is 0 Å². The third-order valence-corrected chi connectivity index (χ3v) is 19.5. The Kier molecular flexibility index (Phi) is 27.4. The van der Waals surface area contributed by atoms with Crippen molar-refractivity contribution in [3.63, 3.8) is 0 Å². The molecule has 0 bridgehead atoms. The molecule has 4 aliphatic heterocycles. The Hall–Kier alpha value is -2.04. The smallest absolute Gasteiger partial charge is 0.313 e. The number of rotatable bonds is 28. The fourth-order valence-corrected chi connectivity index (χ4v) is 16.5. The quantitative estimate of drug-likeness (QED) is 0.0417. The molecule has 2 saturated carbocycles. The monoisotopic (exact) mass is 1180 g/mol. The van der Waals surface area contributed by atoms with Crippen LogP contribution in [0.3, 0.4) is 0 Å². The number of piperidine rings is 4. The van der Waals surface area contributed by atoms with Gasteiger partial charge < -0.3 is 9.47 Å². The van der Waals surface area contributed by atoms with Crippen molar-refractivity contribution >= 4 is 23.5 Å². The normalized spacial score (nSPS) is 25.4. The third-order valence-electron chi connectivity index (χ3n) is 19.5. The molecule has 0 aromatic heterocycles. The van der Waals surface area contributed by atoms with E-state index >= 15 is 0 Å². The van der Waals surface area contributed by atoms with Crippen LogP contribution in [0.1, 0.15) is 330 Å². The number of Topliss-reactive ketones (excluding diaryl/α,β-unsaturated/α-hetero) is 2. The van der Waals surface area contributed by atoms with Gasteiger partial charge in [0.05, 0.1) is 25.4 Å². The minimum absolute atomic E-state index is 0.0000505. The Labute approximate surface area is 513 Å². The first kappa shape index (κ1) is 72.7. The molecule has 0 atom stereocenters. The van der Waals surface area contributed by atoms with Crippen LogP contribution in [0.25, 0.3) is 0 Å². The fraction of sp³-hybridized carbons (Fsp3) is 0.943. The molecule has 0 amide bonds. The third kappa shape index (κ3) is 21.6. The molecule has 6 rings (SSSR count). The first-order valence-corrected chi connectivity index (χ1v) is 34.4. The Morgan fingerprint density at radius 2 is 0.595 bits per heavy atom. The summed E-state index contributed by atoms with van der Waals surface area (Å²) in [6.07, 6.45) is 31.9. The second-order valence-corrected chi connectivity index (χ2v) is 32.1. The van der Waals surface area contributed by atoms with Crippen LogP contribution >= 0.6 is 0 Å². The number of ether oxygens (including phenoxy) is 2. The number of carbonyl (C=O) groups excluding carboxylic acids is 4. The molecule has 0 radical (unpaired) electrons. The van der Waals surface area contributed by atoms with Crippen molar-refractivity contribution < 1.29 is 48.0 Å². The summed E-state index contributed by atoms with van der Waals surface area (Å²) in [6.45, 7) is 40.5. The van der Waals surface area contributed by atoms with E-state index in [1.807, 2.05) is 0 Å². The zero-order chi connectivity index (χ0) is 62.4. The summed E-state index contributed by atoms with van der Waals surface area (Å²) in [5.74, 6) is -1.16. The van der Waals surface area contributed by atoms with E-state index in [2.05, 4.69) is 145 Å². The molecular formula is C70H128N4O10. The van der Waals surface area contributed by atoms with E-state index < -0.39 is 5.97 Å². The summed E-state index contributed by atoms with van der Waals surface area (Å²) >= 11 is 0. The summed E-state index contributed by atoms with van der Waals surface area (Å²) in [4.78, 5) is 79.0. The Bertz CT molecular complexity index is 1970. The Morgan fingerprint density at radius 3 is 0.905 bits per heavy atom. The number of unbranched alkanes of at least 4 members (excludes halogenated alkanes) is 10. The lowest BCUT2D eigenvalue weighted by atomic mass is 9.73. The molecule has 14 nitrogen and oxygen atoms in total. The molecule has 84 heavy (non-hydrogen) atoms. The number of nitrogens with zero attached hydrogens (tertiary/aromatic N) is 4. The van der Waals surface area contributed by atoms with Crippen LogP contribution in [-0.2, 0) is 48.0 Å². The van der Waals surface area contributed by atoms with E-state index in [1.165, 1.54) is 103 Å². The van der Waals surface area contributed by atoms with Crippen LogP contribution in [-0.4, -0.2) is 126 Å². The lowest BCUT2D eigenvalue weighted by molar-refractivity contribution is -0.318. The maximum absolute atomic E-state index is 13.5. The van der Waals surface area contributed by atoms with E-state index in [-0.39, 0.29) is 111 Å². The lowest BCUT2D eigenvalue weighted by Gasteiger charge is -2.55. The molecule has 0 N–H and O–H groups in total. The van der Waals surface area contributed by atoms with Crippen molar-refractivity contribution in [2.75, 3.05) is 13.2 Å². The van der Waals surface area contributed by atoms with Gasteiger partial charge in [-0.1, -0.05) is 117 Å². The molecule has 0 unspecified atom stereocenters. The van der Waals surface area contributed by atoms with E-state index in [1.54, 1.807) is 0 Å². The van der Waals surface area contributed by atoms with Crippen LogP contribution in [0.2, 0.25) is 0 Å². The van der Waals surface area contributed by atoms with Crippen molar-refractivity contribution in [1.29, 1.82) is 0 Å². The standard InChI is InChI=1S/C37H70N2O5.C33H58N2O5/c1-11-13-15-17-19-21-23-42-38-34(3,4)26-30(27-35(38,5)6)32(40)25-33(41)44-31-28-36(7,8)39(37(9,10)29-31)43-24-22-20-18-16-14-12-2;1-30(2)20-24(21-31(3,4)34(30)39-25-15-11-9-12-16-25)28(36)19-29(37)38-27-22-32(5,6)35(33(7,8)23-27)40-26-17-13-10-14-18-26/h30-31H,11-29H2,1-10H3;24-27H,9-23H2,1-8H3. The number of ketones is 2. The number of hydrogen-bond acceptors (Lipinski definition) is 14. The van der Waals surface area contributed by atoms with Gasteiger partial charge in [0.15, 0.2) is 0 Å². The Balaban J connectivity index is 0.000000308. The minimum Gasteiger partial charge on any atom is -0.462 e. The van der Waals surface area contributed by atoms with E-state index in [0.29, 0.717) is 64.6 Å². The van der Waals surface area contributed by atoms with Gasteiger partial charge in [-0.15, -0.1) is 0 Å². The molecular weight excluding hydrogens is 1060 g/mol. The van der Waals surface area contributed by atoms with Crippen molar-refractivity contribution in [3.8, 4) is 0 Å². The molecule has 2 aliphatic carbocycles. The molecule has 0 spiro atoms. The second kappa shape index (κ2) is 31.6. The van der Waals surface area contributed by atoms with Gasteiger partial charge in [-0.3, -0.25) is 38.5 Å². The van der Waals surface area contributed by atoms with Gasteiger partial charge in [-0.05, 0) is 175 Å². The summed E-state index contributed by atoms with van der Waals surface area (Å²) in [7, 11) is 0. The van der Waals surface area contributed by atoms with Gasteiger partial charge in [0.1, 0.15) is 36.6 Å². The van der Waals surface area contributed by atoms with Gasteiger partial charge >= 0.3 is 11.9 Å². The molecule has 0 aromatic rings. The largest absolute Gasteiger partial charge is 0.462 e. The lowest BCUT2D eigenvalue weighted by Crippen LogP contribution is -2.63. The summed E-state index contributed by atoms with van der Waals surface area (Å²) in [5, 5.41) is 8.61. The highest BCUT2D eigenvalue weighted by Gasteiger charge is 2.53. The van der Waals surface area contributed by atoms with E-state index in [9.17, 15) is 19.2 Å². The SMILES string of the molecule is CC1(C)CC(OC(=O)CC(=O)C2CC(C)(C)N(OC3CCCCC3)C(C)(C)C2)CC(C)(C)N1OC1CCCCC1.CCCCCCCCON1C(C)(C)CC(OC(=O)CC(=O)C2CC(C)(C)N(OCCCCCCCC)C(C)(C)C2)CC1(C)C. The maximum atomic E-state index is 13.5. The van der Waals surface area contributed by atoms with Crippen LogP contribution in [0, 0.1) is 11.8 Å². The molecule has 488 valence electrons. The summed E-state index contributed by atoms with van der Waals surface area (Å²) < 4.78 is 12.0. The van der Waals surface area contributed by atoms with Crippen molar-refractivity contribution in [2.24, 2.45) is 11.8 Å². The first-order chi connectivity index (χ1) is 39.1. The highest BCUT2D eigenvalue weighted by Crippen LogP contribution is 2.47. The highest BCUT2D eigenvalue weighted by atomic mass is 16.7. The van der Waals surface area contributed by atoms with Crippen LogP contribution in [0.5, 0.6) is 0 Å². The minimum atomic E-state index is -0.398. The van der Waals surface area contributed by atoms with Crippen LogP contribution < -0.4 is 0 Å². The number of hydroxylamine groups is 8. The molecule has 0 aromatic carbocycles. The maximum Gasteiger partial charge on any atom is 0.313 e. The van der Waals surface area contributed by atoms with E-state index in [4.69, 9.17) is 28.8 Å². The topological polar surface area (TPSA) is 137 Å². The second-order valence-electron chi connectivity index (χ2n) is 32.1. The number of hydrogen-bond donors (Lipinski definition) is 0. The predicted molar refractivity (Wildman–Crippen MR) is 337 cm³/mol. The zero-order valence-electron chi connectivity index (χ0n) is 57.4. The fourth-order valence-electron chi connectivity index (χ4n) is 16.5. The first-order valence-electron chi connectivity index (χ1n) is 34.4. The van der Waals surface area contributed by atoms with Gasteiger partial charge in [-0.2, -0.15) is 20.3 Å². The van der Waals surface area contributed by atoms with Gasteiger partial charge in [-0.25, -0.2) is 0 Å². The van der Waals surface area contributed by atoms with Crippen molar-refractivity contribution in [1.82, 2.24) is 20.3 Å². The molecule has 6 aliphatic rings. The summed E-state index contributed by atoms with van der Waals surface area (Å²) in [5.41, 5.74) is -2.29. The number of esters is 2. The van der Waals surface area contributed by atoms with E-state index in [0.717, 1.165) is 38.5 Å². The molecule has 4 heterocycles. The van der Waals surface area contributed by atoms with Crippen molar-refractivity contribution in [3.05, 3.63) is 0 Å². The highest BCUT2D eigenvalue weighted by molar-refractivity contribution is 5.97. The molecule has 4 saturated heterocycles.